The van der Waals surface area contributed by atoms with Gasteiger partial charge in [0.15, 0.2) is 5.82 Å². The number of amides is 2. The van der Waals surface area contributed by atoms with Crippen LogP contribution in [0.4, 0.5) is 14.5 Å². The van der Waals surface area contributed by atoms with Crippen molar-refractivity contribution in [3.63, 3.8) is 0 Å². The van der Waals surface area contributed by atoms with E-state index in [2.05, 4.69) is 0 Å². The van der Waals surface area contributed by atoms with E-state index in [0.29, 0.717) is 5.69 Å². The summed E-state index contributed by atoms with van der Waals surface area (Å²) in [6, 6.07) is 7.85. The Morgan fingerprint density at radius 3 is 2.48 bits per heavy atom. The minimum absolute atomic E-state index is 0.106. The maximum Gasteiger partial charge on any atom is 0.257 e. The highest BCUT2D eigenvalue weighted by molar-refractivity contribution is 6.34. The number of benzene rings is 2. The predicted molar refractivity (Wildman–Crippen MR) is 91.1 cm³/mol. The zero-order chi connectivity index (χ0) is 18.1. The zero-order valence-electron chi connectivity index (χ0n) is 12.8. The maximum absolute atomic E-state index is 14.0. The summed E-state index contributed by atoms with van der Waals surface area (Å²) in [7, 11) is 0. The second-order valence-corrected chi connectivity index (χ2v) is 6.28. The molecule has 0 spiro atoms. The van der Waals surface area contributed by atoms with Crippen LogP contribution in [0.1, 0.15) is 10.4 Å². The fraction of sp³-hybridized carbons (Fsp3) is 0.176. The number of carbonyl (C=O) groups excluding carboxylic acids is 2. The van der Waals surface area contributed by atoms with Crippen molar-refractivity contribution in [2.75, 3.05) is 24.5 Å². The molecule has 1 saturated heterocycles. The lowest BCUT2D eigenvalue weighted by Gasteiger charge is -2.34. The molecule has 2 aromatic rings. The maximum atomic E-state index is 14.0. The van der Waals surface area contributed by atoms with Crippen molar-refractivity contribution in [2.45, 2.75) is 0 Å². The summed E-state index contributed by atoms with van der Waals surface area (Å²) >= 11 is 11.7. The SMILES string of the molecule is O=C(c1cccc(Cl)c1F)N1CCN(c2ccc(F)cc2Cl)C(=O)C1. The molecule has 1 fully saturated rings. The highest BCUT2D eigenvalue weighted by atomic mass is 35.5. The number of halogens is 4. The zero-order valence-corrected chi connectivity index (χ0v) is 14.3. The third kappa shape index (κ3) is 3.45. The first-order valence-electron chi connectivity index (χ1n) is 7.37. The van der Waals surface area contributed by atoms with Crippen LogP contribution in [0.3, 0.4) is 0 Å². The summed E-state index contributed by atoms with van der Waals surface area (Å²) < 4.78 is 27.2. The van der Waals surface area contributed by atoms with Gasteiger partial charge < -0.3 is 9.80 Å². The van der Waals surface area contributed by atoms with Gasteiger partial charge in [-0.25, -0.2) is 8.78 Å². The Morgan fingerprint density at radius 1 is 1.04 bits per heavy atom. The number of anilines is 1. The Morgan fingerprint density at radius 2 is 1.80 bits per heavy atom. The normalized spacial score (nSPS) is 14.8. The Balaban J connectivity index is 1.78. The fourth-order valence-corrected chi connectivity index (χ4v) is 3.08. The molecule has 0 saturated carbocycles. The molecule has 1 aliphatic rings. The van der Waals surface area contributed by atoms with Crippen LogP contribution in [0.2, 0.25) is 10.0 Å². The van der Waals surface area contributed by atoms with Crippen LogP contribution in [0.25, 0.3) is 0 Å². The van der Waals surface area contributed by atoms with Crippen LogP contribution in [0.5, 0.6) is 0 Å². The van der Waals surface area contributed by atoms with Crippen molar-refractivity contribution in [1.29, 1.82) is 0 Å². The molecule has 2 amide bonds. The number of rotatable bonds is 2. The average molecular weight is 385 g/mol. The summed E-state index contributed by atoms with van der Waals surface area (Å²) in [5.41, 5.74) is 0.183. The van der Waals surface area contributed by atoms with E-state index < -0.39 is 23.4 Å². The van der Waals surface area contributed by atoms with Crippen LogP contribution < -0.4 is 4.90 Å². The first kappa shape index (κ1) is 17.6. The molecule has 0 aromatic heterocycles. The van der Waals surface area contributed by atoms with Crippen LogP contribution in [-0.2, 0) is 4.79 Å². The molecule has 0 N–H and O–H groups in total. The van der Waals surface area contributed by atoms with Crippen molar-refractivity contribution in [3.8, 4) is 0 Å². The molecule has 4 nitrogen and oxygen atoms in total. The van der Waals surface area contributed by atoms with Crippen molar-refractivity contribution < 1.29 is 18.4 Å². The molecule has 0 aliphatic carbocycles. The smallest absolute Gasteiger partial charge is 0.257 e. The first-order valence-corrected chi connectivity index (χ1v) is 8.13. The van der Waals surface area contributed by atoms with Crippen molar-refractivity contribution in [1.82, 2.24) is 4.90 Å². The highest BCUT2D eigenvalue weighted by Crippen LogP contribution is 2.28. The second-order valence-electron chi connectivity index (χ2n) is 5.47. The molecule has 2 aromatic carbocycles. The quantitative estimate of drug-likeness (QED) is 0.790. The molecule has 1 heterocycles. The van der Waals surface area contributed by atoms with Crippen molar-refractivity contribution in [2.24, 2.45) is 0 Å². The molecule has 1 aliphatic heterocycles. The molecule has 3 rings (SSSR count). The molecule has 0 bridgehead atoms. The van der Waals surface area contributed by atoms with E-state index >= 15 is 0 Å². The lowest BCUT2D eigenvalue weighted by atomic mass is 10.1. The van der Waals surface area contributed by atoms with Crippen molar-refractivity contribution in [3.05, 3.63) is 63.6 Å². The summed E-state index contributed by atoms with van der Waals surface area (Å²) in [6.45, 7) is 0.112. The first-order chi connectivity index (χ1) is 11.9. The van der Waals surface area contributed by atoms with Gasteiger partial charge in [0.25, 0.3) is 5.91 Å². The van der Waals surface area contributed by atoms with Gasteiger partial charge in [0.2, 0.25) is 5.91 Å². The molecule has 0 atom stereocenters. The lowest BCUT2D eigenvalue weighted by molar-refractivity contribution is -0.120. The van der Waals surface area contributed by atoms with E-state index in [9.17, 15) is 18.4 Å². The average Bonchev–Trinajstić information content (AvgIpc) is 2.57. The minimum Gasteiger partial charge on any atom is -0.327 e. The molecule has 25 heavy (non-hydrogen) atoms. The van der Waals surface area contributed by atoms with Gasteiger partial charge in [-0.1, -0.05) is 29.3 Å². The van der Waals surface area contributed by atoms with Crippen LogP contribution >= 0.6 is 23.2 Å². The number of hydrogen-bond donors (Lipinski definition) is 0. The van der Waals surface area contributed by atoms with Gasteiger partial charge in [-0.3, -0.25) is 9.59 Å². The van der Waals surface area contributed by atoms with Gasteiger partial charge in [0.05, 0.1) is 21.3 Å². The summed E-state index contributed by atoms with van der Waals surface area (Å²) in [5, 5.41) is -0.0529. The van der Waals surface area contributed by atoms with Crippen LogP contribution in [-0.4, -0.2) is 36.3 Å². The Kier molecular flexibility index (Phi) is 4.92. The Bertz CT molecular complexity index is 861. The second kappa shape index (κ2) is 6.98. The number of nitrogens with zero attached hydrogens (tertiary/aromatic N) is 2. The van der Waals surface area contributed by atoms with E-state index in [0.717, 1.165) is 6.07 Å². The van der Waals surface area contributed by atoms with Gasteiger partial charge in [0.1, 0.15) is 12.4 Å². The number of hydrogen-bond acceptors (Lipinski definition) is 2. The standard InChI is InChI=1S/C17H12Cl2F2N2O2/c18-12-3-1-2-11(16(12)21)17(25)22-6-7-23(15(24)9-22)14-5-4-10(20)8-13(14)19/h1-5,8H,6-7,9H2. The van der Waals surface area contributed by atoms with Gasteiger partial charge in [0, 0.05) is 13.1 Å². The third-order valence-electron chi connectivity index (χ3n) is 3.89. The topological polar surface area (TPSA) is 40.6 Å². The van der Waals surface area contributed by atoms with Crippen LogP contribution in [0.15, 0.2) is 36.4 Å². The fourth-order valence-electron chi connectivity index (χ4n) is 2.64. The van der Waals surface area contributed by atoms with Gasteiger partial charge in [-0.05, 0) is 30.3 Å². The lowest BCUT2D eigenvalue weighted by Crippen LogP contribution is -2.52. The Labute approximate surface area is 152 Å². The van der Waals surface area contributed by atoms with E-state index in [-0.39, 0.29) is 35.2 Å². The minimum atomic E-state index is -0.814. The molecule has 130 valence electrons. The van der Waals surface area contributed by atoms with Gasteiger partial charge in [-0.15, -0.1) is 0 Å². The van der Waals surface area contributed by atoms with E-state index in [1.807, 2.05) is 0 Å². The van der Waals surface area contributed by atoms with Gasteiger partial charge >= 0.3 is 0 Å². The molecule has 8 heteroatoms. The van der Waals surface area contributed by atoms with E-state index in [1.54, 1.807) is 0 Å². The highest BCUT2D eigenvalue weighted by Gasteiger charge is 2.31. The predicted octanol–water partition coefficient (Wildman–Crippen LogP) is 3.76. The molecular weight excluding hydrogens is 373 g/mol. The monoisotopic (exact) mass is 384 g/mol. The summed E-state index contributed by atoms with van der Waals surface area (Å²) in [4.78, 5) is 27.5. The number of carbonyl (C=O) groups is 2. The van der Waals surface area contributed by atoms with E-state index in [1.165, 1.54) is 40.1 Å². The number of piperazine rings is 1. The third-order valence-corrected chi connectivity index (χ3v) is 4.49. The Hall–Kier alpha value is -2.18. The van der Waals surface area contributed by atoms with E-state index in [4.69, 9.17) is 23.2 Å². The summed E-state index contributed by atoms with van der Waals surface area (Å²) in [5.74, 6) is -2.33. The molecular formula is C17H12Cl2F2N2O2. The molecule has 0 unspecified atom stereocenters. The summed E-state index contributed by atoms with van der Waals surface area (Å²) in [6.07, 6.45) is 0. The van der Waals surface area contributed by atoms with Gasteiger partial charge in [-0.2, -0.15) is 0 Å². The van der Waals surface area contributed by atoms with Crippen molar-refractivity contribution >= 4 is 40.7 Å². The molecule has 0 radical (unpaired) electrons. The van der Waals surface area contributed by atoms with Crippen LogP contribution in [0, 0.1) is 11.6 Å². The largest absolute Gasteiger partial charge is 0.327 e.